The van der Waals surface area contributed by atoms with Crippen LogP contribution in [0.1, 0.15) is 31.4 Å². The Labute approximate surface area is 188 Å². The van der Waals surface area contributed by atoms with Crippen molar-refractivity contribution >= 4 is 43.2 Å². The summed E-state index contributed by atoms with van der Waals surface area (Å²) in [5.41, 5.74) is 1.87. The Morgan fingerprint density at radius 2 is 1.88 bits per heavy atom. The summed E-state index contributed by atoms with van der Waals surface area (Å²) in [6, 6.07) is 10.5. The lowest BCUT2D eigenvalue weighted by Crippen LogP contribution is -2.34. The van der Waals surface area contributed by atoms with Crippen LogP contribution in [0.15, 0.2) is 52.4 Å². The molecule has 2 atom stereocenters. The molecule has 0 bridgehead atoms. The quantitative estimate of drug-likeness (QED) is 0.562. The molecular formula is C21H26N4O5S2. The van der Waals surface area contributed by atoms with Gasteiger partial charge in [0.1, 0.15) is 11.9 Å². The zero-order valence-corrected chi connectivity index (χ0v) is 19.8. The first kappa shape index (κ1) is 23.7. The molecule has 2 aromatic rings. The molecule has 0 fully saturated rings. The predicted octanol–water partition coefficient (Wildman–Crippen LogP) is 2.46. The lowest BCUT2D eigenvalue weighted by atomic mass is 9.98. The average molecular weight is 479 g/mol. The third-order valence-corrected chi connectivity index (χ3v) is 7.17. The van der Waals surface area contributed by atoms with Crippen LogP contribution in [0.25, 0.3) is 0 Å². The Morgan fingerprint density at radius 3 is 2.53 bits per heavy atom. The Hall–Kier alpha value is -2.92. The average Bonchev–Trinajstić information content (AvgIpc) is 2.97. The Morgan fingerprint density at radius 1 is 1.19 bits per heavy atom. The summed E-state index contributed by atoms with van der Waals surface area (Å²) in [4.78, 5) is 17.7. The fourth-order valence-corrected chi connectivity index (χ4v) is 5.12. The number of fused-ring (bicyclic) bond motifs is 1. The van der Waals surface area contributed by atoms with E-state index in [9.17, 15) is 21.6 Å². The summed E-state index contributed by atoms with van der Waals surface area (Å²) in [6.07, 6.45) is 1.69. The number of benzene rings is 2. The van der Waals surface area contributed by atoms with Crippen molar-refractivity contribution in [2.45, 2.75) is 38.1 Å². The fourth-order valence-electron chi connectivity index (χ4n) is 3.26. The van der Waals surface area contributed by atoms with Gasteiger partial charge in [-0.3, -0.25) is 19.2 Å². The van der Waals surface area contributed by atoms with Crippen molar-refractivity contribution < 1.29 is 21.6 Å². The summed E-state index contributed by atoms with van der Waals surface area (Å²) in [5.74, 6) is -0.479. The molecule has 3 N–H and O–H groups in total. The van der Waals surface area contributed by atoms with Gasteiger partial charge in [0.15, 0.2) is 0 Å². The van der Waals surface area contributed by atoms with E-state index >= 15 is 0 Å². The van der Waals surface area contributed by atoms with E-state index in [-0.39, 0.29) is 16.6 Å². The van der Waals surface area contributed by atoms with Crippen LogP contribution in [-0.2, 0) is 24.8 Å². The molecule has 11 heteroatoms. The van der Waals surface area contributed by atoms with Gasteiger partial charge in [-0.15, -0.1) is 0 Å². The third-order valence-electron chi connectivity index (χ3n) is 5.18. The molecule has 3 rings (SSSR count). The van der Waals surface area contributed by atoms with E-state index in [4.69, 9.17) is 0 Å². The summed E-state index contributed by atoms with van der Waals surface area (Å²) < 4.78 is 52.8. The Bertz CT molecular complexity index is 1290. The highest BCUT2D eigenvalue weighted by Gasteiger charge is 2.33. The van der Waals surface area contributed by atoms with Crippen molar-refractivity contribution in [2.24, 2.45) is 10.9 Å². The highest BCUT2D eigenvalue weighted by molar-refractivity contribution is 7.92. The largest absolute Gasteiger partial charge is 0.324 e. The van der Waals surface area contributed by atoms with Gasteiger partial charge >= 0.3 is 0 Å². The molecule has 1 aliphatic heterocycles. The van der Waals surface area contributed by atoms with Crippen LogP contribution in [0, 0.1) is 12.8 Å². The predicted molar refractivity (Wildman–Crippen MR) is 125 cm³/mol. The first-order valence-electron chi connectivity index (χ1n) is 10.0. The number of hydrogen-bond acceptors (Lipinski definition) is 6. The summed E-state index contributed by atoms with van der Waals surface area (Å²) in [6.45, 7) is 5.52. The molecule has 172 valence electrons. The molecule has 0 saturated carbocycles. The number of sulfonamides is 2. The van der Waals surface area contributed by atoms with E-state index in [1.165, 1.54) is 12.1 Å². The first-order valence-corrected chi connectivity index (χ1v) is 13.4. The molecule has 32 heavy (non-hydrogen) atoms. The van der Waals surface area contributed by atoms with E-state index in [0.29, 0.717) is 28.9 Å². The number of amidine groups is 1. The van der Waals surface area contributed by atoms with Crippen LogP contribution >= 0.6 is 0 Å². The van der Waals surface area contributed by atoms with Crippen LogP contribution in [0.3, 0.4) is 0 Å². The van der Waals surface area contributed by atoms with Crippen LogP contribution < -0.4 is 14.8 Å². The Kier molecular flexibility index (Phi) is 6.61. The first-order chi connectivity index (χ1) is 14.9. The lowest BCUT2D eigenvalue weighted by Gasteiger charge is -2.20. The van der Waals surface area contributed by atoms with Gasteiger partial charge in [0.05, 0.1) is 16.8 Å². The zero-order valence-electron chi connectivity index (χ0n) is 18.2. The second-order valence-corrected chi connectivity index (χ2v) is 11.2. The molecule has 9 nitrogen and oxygen atoms in total. The highest BCUT2D eigenvalue weighted by atomic mass is 32.2. The maximum atomic E-state index is 13.1. The van der Waals surface area contributed by atoms with Gasteiger partial charge in [-0.1, -0.05) is 38.5 Å². The zero-order chi connectivity index (χ0) is 23.7. The number of carbonyl (C=O) groups is 1. The van der Waals surface area contributed by atoms with Crippen molar-refractivity contribution in [1.82, 2.24) is 4.72 Å². The standard InChI is InChI=1S/C21H26N4O5S2/c1-5-13(2)19(23-20-16-8-6-7-9-18(16)32(29,30)25-20)21(26)22-15-11-10-14(3)17(12-15)24-31(4,27)28/h6-13,19,24H,5H2,1-4H3,(H,22,26)(H,23,25)/t13-,19-/m0/s1. The van der Waals surface area contributed by atoms with Gasteiger partial charge in [-0.05, 0) is 42.7 Å². The van der Waals surface area contributed by atoms with E-state index in [0.717, 1.165) is 6.26 Å². The van der Waals surface area contributed by atoms with E-state index in [1.54, 1.807) is 37.3 Å². The molecule has 0 unspecified atom stereocenters. The van der Waals surface area contributed by atoms with Crippen molar-refractivity contribution in [2.75, 3.05) is 16.3 Å². The number of amides is 1. The Balaban J connectivity index is 1.93. The number of anilines is 2. The lowest BCUT2D eigenvalue weighted by molar-refractivity contribution is -0.118. The van der Waals surface area contributed by atoms with Crippen molar-refractivity contribution in [3.05, 3.63) is 53.6 Å². The molecule has 0 aliphatic carbocycles. The third kappa shape index (κ3) is 5.28. The molecule has 0 aromatic heterocycles. The number of aryl methyl sites for hydroxylation is 1. The van der Waals surface area contributed by atoms with Gasteiger partial charge in [0.2, 0.25) is 15.9 Å². The van der Waals surface area contributed by atoms with Crippen molar-refractivity contribution in [3.8, 4) is 0 Å². The number of nitrogens with zero attached hydrogens (tertiary/aromatic N) is 1. The number of hydrogen-bond donors (Lipinski definition) is 3. The molecule has 1 amide bonds. The molecule has 1 heterocycles. The SMILES string of the molecule is CC[C@H](C)[C@H](N=C1NS(=O)(=O)c2ccccc21)C(=O)Nc1ccc(C)c(NS(C)(=O)=O)c1. The maximum absolute atomic E-state index is 13.1. The van der Waals surface area contributed by atoms with Crippen LogP contribution in [0.4, 0.5) is 11.4 Å². The summed E-state index contributed by atoms with van der Waals surface area (Å²) in [5, 5.41) is 2.77. The molecule has 2 aromatic carbocycles. The minimum Gasteiger partial charge on any atom is -0.324 e. The second-order valence-electron chi connectivity index (χ2n) is 7.80. The normalized spacial score (nSPS) is 17.8. The smallest absolute Gasteiger partial charge is 0.263 e. The maximum Gasteiger partial charge on any atom is 0.263 e. The second kappa shape index (κ2) is 8.91. The van der Waals surface area contributed by atoms with Gasteiger partial charge in [0, 0.05) is 11.3 Å². The van der Waals surface area contributed by atoms with Crippen LogP contribution in [-0.4, -0.2) is 40.9 Å². The summed E-state index contributed by atoms with van der Waals surface area (Å²) in [7, 11) is -7.21. The van der Waals surface area contributed by atoms with Crippen molar-refractivity contribution in [1.29, 1.82) is 0 Å². The number of aliphatic imine (C=N–C) groups is 1. The van der Waals surface area contributed by atoms with Gasteiger partial charge in [-0.2, -0.15) is 0 Å². The fraction of sp³-hybridized carbons (Fsp3) is 0.333. The van der Waals surface area contributed by atoms with Gasteiger partial charge in [0.25, 0.3) is 10.0 Å². The monoisotopic (exact) mass is 478 g/mol. The molecule has 0 saturated heterocycles. The number of rotatable bonds is 7. The summed E-state index contributed by atoms with van der Waals surface area (Å²) >= 11 is 0. The van der Waals surface area contributed by atoms with Crippen LogP contribution in [0.5, 0.6) is 0 Å². The minimum atomic E-state index is -3.72. The molecule has 0 radical (unpaired) electrons. The number of nitrogens with one attached hydrogen (secondary N) is 3. The molecular weight excluding hydrogens is 452 g/mol. The van der Waals surface area contributed by atoms with Gasteiger partial charge < -0.3 is 5.32 Å². The van der Waals surface area contributed by atoms with E-state index in [1.807, 2.05) is 13.8 Å². The van der Waals surface area contributed by atoms with Crippen molar-refractivity contribution in [3.63, 3.8) is 0 Å². The number of carbonyl (C=O) groups excluding carboxylic acids is 1. The topological polar surface area (TPSA) is 134 Å². The molecule has 0 spiro atoms. The minimum absolute atomic E-state index is 0.122. The van der Waals surface area contributed by atoms with E-state index < -0.39 is 32.0 Å². The molecule has 1 aliphatic rings. The van der Waals surface area contributed by atoms with Crippen LogP contribution in [0.2, 0.25) is 0 Å². The van der Waals surface area contributed by atoms with Gasteiger partial charge in [-0.25, -0.2) is 16.8 Å². The van der Waals surface area contributed by atoms with E-state index in [2.05, 4.69) is 19.8 Å². The highest BCUT2D eigenvalue weighted by Crippen LogP contribution is 2.25.